The largest absolute Gasteiger partial charge is 0.361 e. The van der Waals surface area contributed by atoms with E-state index >= 15 is 0 Å². The molecule has 1 aromatic heterocycles. The van der Waals surface area contributed by atoms with Gasteiger partial charge in [0.25, 0.3) is 0 Å². The van der Waals surface area contributed by atoms with Crippen LogP contribution in [0.3, 0.4) is 0 Å². The molecule has 3 nitrogen and oxygen atoms in total. The molecule has 0 aromatic carbocycles. The maximum absolute atomic E-state index is 5.76. The molecule has 1 aliphatic rings. The van der Waals surface area contributed by atoms with Crippen LogP contribution in [0.15, 0.2) is 10.7 Å². The molecule has 0 unspecified atom stereocenters. The molecule has 1 saturated carbocycles. The second-order valence-corrected chi connectivity index (χ2v) is 3.63. The van der Waals surface area contributed by atoms with E-state index in [-0.39, 0.29) is 5.41 Å². The highest BCUT2D eigenvalue weighted by Gasteiger charge is 2.39. The number of hydrogen-bond donors (Lipinski definition) is 1. The summed E-state index contributed by atoms with van der Waals surface area (Å²) in [6.07, 6.45) is 5.47. The summed E-state index contributed by atoms with van der Waals surface area (Å²) in [5, 5.41) is 3.79. The van der Waals surface area contributed by atoms with E-state index in [0.29, 0.717) is 0 Å². The molecule has 1 fully saturated rings. The number of nitrogens with zero attached hydrogens (tertiary/aromatic N) is 1. The topological polar surface area (TPSA) is 52.0 Å². The van der Waals surface area contributed by atoms with Gasteiger partial charge >= 0.3 is 0 Å². The molecule has 0 atom stereocenters. The first-order valence-electron chi connectivity index (χ1n) is 4.40. The normalized spacial score (nSPS) is 20.5. The van der Waals surface area contributed by atoms with Crippen LogP contribution in [-0.4, -0.2) is 11.7 Å². The van der Waals surface area contributed by atoms with Gasteiger partial charge in [0.2, 0.25) is 0 Å². The van der Waals surface area contributed by atoms with Crippen molar-refractivity contribution in [2.24, 2.45) is 5.73 Å². The van der Waals surface area contributed by atoms with Crippen LogP contribution in [0.25, 0.3) is 0 Å². The van der Waals surface area contributed by atoms with Gasteiger partial charge in [0.1, 0.15) is 5.76 Å². The van der Waals surface area contributed by atoms with Crippen molar-refractivity contribution in [1.29, 1.82) is 0 Å². The van der Waals surface area contributed by atoms with Gasteiger partial charge in [-0.05, 0) is 19.8 Å². The van der Waals surface area contributed by atoms with Gasteiger partial charge < -0.3 is 10.3 Å². The predicted octanol–water partition coefficient (Wildman–Crippen LogP) is 1.36. The average Bonchev–Trinajstić information content (AvgIpc) is 2.36. The smallest absolute Gasteiger partial charge is 0.137 e. The Morgan fingerprint density at radius 2 is 2.42 bits per heavy atom. The number of hydrogen-bond acceptors (Lipinski definition) is 3. The Morgan fingerprint density at radius 1 is 1.67 bits per heavy atom. The summed E-state index contributed by atoms with van der Waals surface area (Å²) in [6.45, 7) is 2.67. The lowest BCUT2D eigenvalue weighted by Crippen LogP contribution is -2.41. The molecule has 0 radical (unpaired) electrons. The molecule has 0 saturated heterocycles. The molecule has 0 spiro atoms. The number of aromatic nitrogens is 1. The quantitative estimate of drug-likeness (QED) is 0.721. The molecular formula is C9H14N2O. The molecule has 0 bridgehead atoms. The van der Waals surface area contributed by atoms with Crippen LogP contribution in [0.5, 0.6) is 0 Å². The van der Waals surface area contributed by atoms with Crippen LogP contribution in [0.4, 0.5) is 0 Å². The number of rotatable bonds is 2. The van der Waals surface area contributed by atoms with E-state index in [0.717, 1.165) is 12.3 Å². The molecular weight excluding hydrogens is 152 g/mol. The first kappa shape index (κ1) is 7.80. The lowest BCUT2D eigenvalue weighted by molar-refractivity contribution is 0.248. The number of aryl methyl sites for hydroxylation is 1. The molecule has 1 heterocycles. The van der Waals surface area contributed by atoms with Gasteiger partial charge in [-0.2, -0.15) is 0 Å². The molecule has 2 rings (SSSR count). The van der Waals surface area contributed by atoms with Gasteiger partial charge in [-0.1, -0.05) is 11.6 Å². The van der Waals surface area contributed by atoms with Gasteiger partial charge in [0.15, 0.2) is 0 Å². The van der Waals surface area contributed by atoms with E-state index in [9.17, 15) is 0 Å². The van der Waals surface area contributed by atoms with Gasteiger partial charge in [-0.3, -0.25) is 0 Å². The van der Waals surface area contributed by atoms with Crippen molar-refractivity contribution in [3.8, 4) is 0 Å². The molecule has 0 amide bonds. The molecule has 2 N–H and O–H groups in total. The van der Waals surface area contributed by atoms with Crippen LogP contribution in [0.1, 0.15) is 30.6 Å². The van der Waals surface area contributed by atoms with Gasteiger partial charge in [0, 0.05) is 17.5 Å². The zero-order valence-corrected chi connectivity index (χ0v) is 7.34. The van der Waals surface area contributed by atoms with Crippen LogP contribution in [0, 0.1) is 6.92 Å². The summed E-state index contributed by atoms with van der Waals surface area (Å²) in [5.41, 5.74) is 7.18. The fourth-order valence-corrected chi connectivity index (χ4v) is 2.00. The Balaban J connectivity index is 2.33. The third kappa shape index (κ3) is 0.894. The fourth-order valence-electron chi connectivity index (χ4n) is 2.00. The highest BCUT2D eigenvalue weighted by Crippen LogP contribution is 2.43. The summed E-state index contributed by atoms with van der Waals surface area (Å²) in [5.74, 6) is 0.931. The van der Waals surface area contributed by atoms with Crippen LogP contribution in [-0.2, 0) is 5.41 Å². The summed E-state index contributed by atoms with van der Waals surface area (Å²) in [6, 6.07) is 0. The van der Waals surface area contributed by atoms with E-state index in [2.05, 4.69) is 5.16 Å². The Hall–Kier alpha value is -0.830. The van der Waals surface area contributed by atoms with Crippen molar-refractivity contribution in [3.05, 3.63) is 17.5 Å². The summed E-state index contributed by atoms with van der Waals surface area (Å²) in [7, 11) is 0. The van der Waals surface area contributed by atoms with Crippen molar-refractivity contribution in [3.63, 3.8) is 0 Å². The third-order valence-electron chi connectivity index (χ3n) is 3.02. The van der Waals surface area contributed by atoms with E-state index in [1.165, 1.54) is 24.8 Å². The minimum Gasteiger partial charge on any atom is -0.361 e. The second-order valence-electron chi connectivity index (χ2n) is 3.63. The van der Waals surface area contributed by atoms with Crippen molar-refractivity contribution >= 4 is 0 Å². The van der Waals surface area contributed by atoms with E-state index in [4.69, 9.17) is 10.3 Å². The SMILES string of the molecule is Cc1oncc1C1(CN)CCC1. The zero-order valence-electron chi connectivity index (χ0n) is 7.34. The van der Waals surface area contributed by atoms with Crippen molar-refractivity contribution in [2.45, 2.75) is 31.6 Å². The molecule has 3 heteroatoms. The predicted molar refractivity (Wildman–Crippen MR) is 45.8 cm³/mol. The Morgan fingerprint density at radius 3 is 2.75 bits per heavy atom. The maximum Gasteiger partial charge on any atom is 0.137 e. The summed E-state index contributed by atoms with van der Waals surface area (Å²) >= 11 is 0. The Kier molecular flexibility index (Phi) is 1.68. The lowest BCUT2D eigenvalue weighted by atomic mass is 9.65. The standard InChI is InChI=1S/C9H14N2O/c1-7-8(5-11-12-7)9(6-10)3-2-4-9/h5H,2-4,6,10H2,1H3. The Bertz CT molecular complexity index is 270. The average molecular weight is 166 g/mol. The molecule has 12 heavy (non-hydrogen) atoms. The van der Waals surface area contributed by atoms with E-state index < -0.39 is 0 Å². The van der Waals surface area contributed by atoms with Crippen LogP contribution in [0.2, 0.25) is 0 Å². The first-order valence-corrected chi connectivity index (χ1v) is 4.40. The van der Waals surface area contributed by atoms with Crippen molar-refractivity contribution in [2.75, 3.05) is 6.54 Å². The maximum atomic E-state index is 5.76. The monoisotopic (exact) mass is 166 g/mol. The summed E-state index contributed by atoms with van der Waals surface area (Å²) < 4.78 is 5.04. The van der Waals surface area contributed by atoms with Crippen molar-refractivity contribution < 1.29 is 4.52 Å². The number of nitrogens with two attached hydrogens (primary N) is 1. The third-order valence-corrected chi connectivity index (χ3v) is 3.02. The zero-order chi connectivity index (χ0) is 8.60. The Labute approximate surface area is 71.9 Å². The molecule has 1 aliphatic carbocycles. The van der Waals surface area contributed by atoms with Crippen molar-refractivity contribution in [1.82, 2.24) is 5.16 Å². The highest BCUT2D eigenvalue weighted by atomic mass is 16.5. The molecule has 66 valence electrons. The van der Waals surface area contributed by atoms with Crippen LogP contribution >= 0.6 is 0 Å². The molecule has 0 aliphatic heterocycles. The fraction of sp³-hybridized carbons (Fsp3) is 0.667. The van der Waals surface area contributed by atoms with E-state index in [1.807, 2.05) is 13.1 Å². The molecule has 1 aromatic rings. The van der Waals surface area contributed by atoms with E-state index in [1.54, 1.807) is 0 Å². The summed E-state index contributed by atoms with van der Waals surface area (Å²) in [4.78, 5) is 0. The second kappa shape index (κ2) is 2.59. The van der Waals surface area contributed by atoms with Gasteiger partial charge in [0.05, 0.1) is 6.20 Å². The van der Waals surface area contributed by atoms with Crippen LogP contribution < -0.4 is 5.73 Å². The van der Waals surface area contributed by atoms with Gasteiger partial charge in [-0.25, -0.2) is 0 Å². The first-order chi connectivity index (χ1) is 5.78. The minimum absolute atomic E-state index is 0.198. The lowest BCUT2D eigenvalue weighted by Gasteiger charge is -2.40. The van der Waals surface area contributed by atoms with Gasteiger partial charge in [-0.15, -0.1) is 0 Å². The minimum atomic E-state index is 0.198. The highest BCUT2D eigenvalue weighted by molar-refractivity contribution is 5.27.